The molecule has 0 aliphatic carbocycles. The standard InChI is InChI=1S/C20H21N3O5S/c1-14-20(25)22-17-12-16(8-9-18(17)28-14)21-19(24)13-23(2)29(26,27)11-10-15-6-4-3-5-7-15/h3-12,14H,13H2,1-2H3,(H,21,24)(H,22,25)/b11-10+/t14-/m0/s1. The third-order valence-electron chi connectivity index (χ3n) is 4.23. The van der Waals surface area contributed by atoms with Gasteiger partial charge in [0.2, 0.25) is 15.9 Å². The topological polar surface area (TPSA) is 105 Å². The molecule has 0 bridgehead atoms. The smallest absolute Gasteiger partial charge is 0.265 e. The molecule has 2 N–H and O–H groups in total. The lowest BCUT2D eigenvalue weighted by Crippen LogP contribution is -2.35. The van der Waals surface area contributed by atoms with Crippen molar-refractivity contribution in [2.24, 2.45) is 0 Å². The van der Waals surface area contributed by atoms with E-state index >= 15 is 0 Å². The maximum Gasteiger partial charge on any atom is 0.265 e. The maximum absolute atomic E-state index is 12.3. The van der Waals surface area contributed by atoms with Crippen LogP contribution in [-0.2, 0) is 19.6 Å². The van der Waals surface area contributed by atoms with Crippen LogP contribution in [-0.4, -0.2) is 44.2 Å². The number of likely N-dealkylation sites (N-methyl/N-ethyl adjacent to an activating group) is 1. The van der Waals surface area contributed by atoms with Gasteiger partial charge in [-0.3, -0.25) is 9.59 Å². The first-order valence-corrected chi connectivity index (χ1v) is 10.4. The average Bonchev–Trinajstić information content (AvgIpc) is 2.68. The molecule has 0 unspecified atom stereocenters. The minimum atomic E-state index is -3.76. The van der Waals surface area contributed by atoms with Crippen LogP contribution < -0.4 is 15.4 Å². The summed E-state index contributed by atoms with van der Waals surface area (Å²) in [7, 11) is -2.43. The van der Waals surface area contributed by atoms with Gasteiger partial charge < -0.3 is 15.4 Å². The maximum atomic E-state index is 12.3. The van der Waals surface area contributed by atoms with Crippen LogP contribution in [0.2, 0.25) is 0 Å². The lowest BCUT2D eigenvalue weighted by atomic mass is 10.2. The zero-order chi connectivity index (χ0) is 21.0. The summed E-state index contributed by atoms with van der Waals surface area (Å²) in [6.45, 7) is 1.27. The molecule has 0 aromatic heterocycles. The number of nitrogens with zero attached hydrogens (tertiary/aromatic N) is 1. The molecule has 1 heterocycles. The third-order valence-corrected chi connectivity index (χ3v) is 5.70. The Labute approximate surface area is 169 Å². The molecule has 0 spiro atoms. The lowest BCUT2D eigenvalue weighted by Gasteiger charge is -2.23. The number of carbonyl (C=O) groups excluding carboxylic acids is 2. The van der Waals surface area contributed by atoms with Crippen molar-refractivity contribution in [3.8, 4) is 5.75 Å². The highest BCUT2D eigenvalue weighted by Crippen LogP contribution is 2.32. The molecule has 8 nitrogen and oxygen atoms in total. The molecule has 2 aromatic rings. The zero-order valence-corrected chi connectivity index (χ0v) is 16.8. The highest BCUT2D eigenvalue weighted by Gasteiger charge is 2.24. The first-order chi connectivity index (χ1) is 13.7. The number of fused-ring (bicyclic) bond motifs is 1. The van der Waals surface area contributed by atoms with Gasteiger partial charge in [-0.1, -0.05) is 30.3 Å². The van der Waals surface area contributed by atoms with Crippen LogP contribution in [0.1, 0.15) is 12.5 Å². The Kier molecular flexibility index (Phi) is 6.00. The highest BCUT2D eigenvalue weighted by molar-refractivity contribution is 7.92. The van der Waals surface area contributed by atoms with E-state index in [4.69, 9.17) is 4.74 Å². The van der Waals surface area contributed by atoms with Crippen molar-refractivity contribution in [3.63, 3.8) is 0 Å². The number of hydrogen-bond acceptors (Lipinski definition) is 5. The Morgan fingerprint density at radius 1 is 1.24 bits per heavy atom. The molecule has 2 amide bonds. The Bertz CT molecular complexity index is 1050. The van der Waals surface area contributed by atoms with Crippen LogP contribution in [0.25, 0.3) is 6.08 Å². The van der Waals surface area contributed by atoms with Crippen molar-refractivity contribution in [2.45, 2.75) is 13.0 Å². The van der Waals surface area contributed by atoms with Crippen molar-refractivity contribution in [1.29, 1.82) is 0 Å². The number of sulfonamides is 1. The number of carbonyl (C=O) groups is 2. The van der Waals surface area contributed by atoms with Crippen LogP contribution in [0, 0.1) is 0 Å². The molecule has 152 valence electrons. The monoisotopic (exact) mass is 415 g/mol. The van der Waals surface area contributed by atoms with Crippen molar-refractivity contribution in [2.75, 3.05) is 24.2 Å². The molecule has 29 heavy (non-hydrogen) atoms. The van der Waals surface area contributed by atoms with Crippen LogP contribution in [0.4, 0.5) is 11.4 Å². The Morgan fingerprint density at radius 3 is 2.69 bits per heavy atom. The van der Waals surface area contributed by atoms with E-state index in [9.17, 15) is 18.0 Å². The number of hydrogen-bond donors (Lipinski definition) is 2. The first-order valence-electron chi connectivity index (χ1n) is 8.85. The van der Waals surface area contributed by atoms with Crippen LogP contribution >= 0.6 is 0 Å². The Morgan fingerprint density at radius 2 is 1.97 bits per heavy atom. The Balaban J connectivity index is 1.62. The van der Waals surface area contributed by atoms with E-state index in [-0.39, 0.29) is 12.5 Å². The molecule has 0 saturated carbocycles. The van der Waals surface area contributed by atoms with Gasteiger partial charge in [0.05, 0.1) is 12.2 Å². The molecule has 0 saturated heterocycles. The second-order valence-corrected chi connectivity index (χ2v) is 8.45. The Hall–Kier alpha value is -3.17. The number of rotatable bonds is 6. The summed E-state index contributed by atoms with van der Waals surface area (Å²) in [6, 6.07) is 13.8. The fourth-order valence-electron chi connectivity index (χ4n) is 2.61. The van der Waals surface area contributed by atoms with E-state index < -0.39 is 22.0 Å². The molecule has 2 aromatic carbocycles. The molecule has 0 fully saturated rings. The molecule has 1 aliphatic heterocycles. The quantitative estimate of drug-likeness (QED) is 0.753. The molecule has 1 atom stereocenters. The summed E-state index contributed by atoms with van der Waals surface area (Å²) < 4.78 is 31.1. The predicted octanol–water partition coefficient (Wildman–Crippen LogP) is 2.28. The summed E-state index contributed by atoms with van der Waals surface area (Å²) in [5.74, 6) is -0.293. The minimum absolute atomic E-state index is 0.281. The van der Waals surface area contributed by atoms with Crippen LogP contribution in [0.15, 0.2) is 53.9 Å². The van der Waals surface area contributed by atoms with Crippen LogP contribution in [0.5, 0.6) is 5.75 Å². The molecular formula is C20H21N3O5S. The van der Waals surface area contributed by atoms with Crippen molar-refractivity contribution in [1.82, 2.24) is 4.31 Å². The van der Waals surface area contributed by atoms with Gasteiger partial charge in [-0.2, -0.15) is 4.31 Å². The second-order valence-electron chi connectivity index (χ2n) is 6.52. The van der Waals surface area contributed by atoms with Gasteiger partial charge in [-0.15, -0.1) is 0 Å². The van der Waals surface area contributed by atoms with Gasteiger partial charge in [0, 0.05) is 18.1 Å². The summed E-state index contributed by atoms with van der Waals surface area (Å²) in [4.78, 5) is 24.0. The van der Waals surface area contributed by atoms with Gasteiger partial charge in [-0.05, 0) is 36.8 Å². The van der Waals surface area contributed by atoms with Crippen molar-refractivity contribution >= 4 is 39.3 Å². The summed E-state index contributed by atoms with van der Waals surface area (Å²) >= 11 is 0. The molecule has 3 rings (SSSR count). The number of ether oxygens (including phenoxy) is 1. The average molecular weight is 415 g/mol. The minimum Gasteiger partial charge on any atom is -0.479 e. The van der Waals surface area contributed by atoms with E-state index in [0.717, 1.165) is 15.3 Å². The highest BCUT2D eigenvalue weighted by atomic mass is 32.2. The molecular weight excluding hydrogens is 394 g/mol. The number of anilines is 2. The third kappa shape index (κ3) is 5.21. The number of benzene rings is 2. The van der Waals surface area contributed by atoms with Crippen molar-refractivity contribution in [3.05, 3.63) is 59.5 Å². The lowest BCUT2D eigenvalue weighted by molar-refractivity contribution is -0.122. The summed E-state index contributed by atoms with van der Waals surface area (Å²) in [5, 5.41) is 6.37. The van der Waals surface area contributed by atoms with E-state index in [1.807, 2.05) is 6.07 Å². The molecule has 1 aliphatic rings. The van der Waals surface area contributed by atoms with Crippen molar-refractivity contribution < 1.29 is 22.7 Å². The fourth-order valence-corrected chi connectivity index (χ4v) is 3.45. The van der Waals surface area contributed by atoms with Gasteiger partial charge in [0.25, 0.3) is 5.91 Å². The largest absolute Gasteiger partial charge is 0.479 e. The van der Waals surface area contributed by atoms with E-state index in [1.54, 1.807) is 49.4 Å². The number of nitrogens with one attached hydrogen (secondary N) is 2. The predicted molar refractivity (Wildman–Crippen MR) is 111 cm³/mol. The van der Waals surface area contributed by atoms with E-state index in [0.29, 0.717) is 17.1 Å². The van der Waals surface area contributed by atoms with Gasteiger partial charge in [-0.25, -0.2) is 8.42 Å². The number of amides is 2. The zero-order valence-electron chi connectivity index (χ0n) is 16.0. The van der Waals surface area contributed by atoms with Gasteiger partial charge in [0.15, 0.2) is 6.10 Å². The summed E-state index contributed by atoms with van der Waals surface area (Å²) in [5.41, 5.74) is 1.59. The molecule has 9 heteroatoms. The normalized spacial score (nSPS) is 16.2. The van der Waals surface area contributed by atoms with Crippen LogP contribution in [0.3, 0.4) is 0 Å². The van der Waals surface area contributed by atoms with Gasteiger partial charge >= 0.3 is 0 Å². The fraction of sp³-hybridized carbons (Fsp3) is 0.200. The SMILES string of the molecule is C[C@@H]1Oc2ccc(NC(=O)CN(C)S(=O)(=O)/C=C/c3ccccc3)cc2NC1=O. The van der Waals surface area contributed by atoms with E-state index in [1.165, 1.54) is 13.1 Å². The second kappa shape index (κ2) is 8.46. The summed E-state index contributed by atoms with van der Waals surface area (Å²) in [6.07, 6.45) is 0.877. The molecule has 0 radical (unpaired) electrons. The first kappa shape index (κ1) is 20.6. The van der Waals surface area contributed by atoms with E-state index in [2.05, 4.69) is 10.6 Å². The van der Waals surface area contributed by atoms with Gasteiger partial charge in [0.1, 0.15) is 5.75 Å².